The molecule has 1 aromatic heterocycles. The zero-order valence-corrected chi connectivity index (χ0v) is 10.8. The summed E-state index contributed by atoms with van der Waals surface area (Å²) in [6.45, 7) is 6.22. The lowest BCUT2D eigenvalue weighted by molar-refractivity contribution is 0.231. The third-order valence-corrected chi connectivity index (χ3v) is 3.88. The summed E-state index contributed by atoms with van der Waals surface area (Å²) in [5.41, 5.74) is 0. The lowest BCUT2D eigenvalue weighted by Crippen LogP contribution is -2.27. The van der Waals surface area contributed by atoms with Crippen molar-refractivity contribution < 1.29 is 9.84 Å². The minimum atomic E-state index is 0.0998. The second-order valence-electron chi connectivity index (χ2n) is 5.43. The van der Waals surface area contributed by atoms with E-state index in [1.807, 2.05) is 13.8 Å². The largest absolute Gasteiger partial charge is 0.472 e. The summed E-state index contributed by atoms with van der Waals surface area (Å²) < 4.78 is 5.70. The van der Waals surface area contributed by atoms with E-state index in [1.165, 1.54) is 0 Å². The topological polar surface area (TPSA) is 58.5 Å². The van der Waals surface area contributed by atoms with Gasteiger partial charge in [0.15, 0.2) is 5.82 Å². The minimum Gasteiger partial charge on any atom is -0.472 e. The van der Waals surface area contributed by atoms with Crippen LogP contribution in [0.25, 0.3) is 0 Å². The number of aliphatic hydroxyl groups excluding tert-OH is 1. The van der Waals surface area contributed by atoms with E-state index in [2.05, 4.69) is 14.9 Å². The molecule has 3 rings (SSSR count). The molecule has 1 saturated heterocycles. The molecule has 1 aliphatic heterocycles. The summed E-state index contributed by atoms with van der Waals surface area (Å²) in [7, 11) is 0. The first-order valence-electron chi connectivity index (χ1n) is 6.54. The fraction of sp³-hybridized carbons (Fsp3) is 0.692. The van der Waals surface area contributed by atoms with Gasteiger partial charge < -0.3 is 14.7 Å². The second kappa shape index (κ2) is 4.39. The number of aromatic nitrogens is 2. The second-order valence-corrected chi connectivity index (χ2v) is 5.43. The van der Waals surface area contributed by atoms with Crippen molar-refractivity contribution in [3.63, 3.8) is 0 Å². The Labute approximate surface area is 107 Å². The van der Waals surface area contributed by atoms with Crippen LogP contribution in [0, 0.1) is 17.8 Å². The molecule has 0 aromatic carbocycles. The molecule has 2 heterocycles. The highest BCUT2D eigenvalue weighted by Gasteiger charge is 2.55. The SMILES string of the molecule is CC(C)Oc1nccnc1N1C[C@@H]2C(CO)[C@@H]2C1. The summed E-state index contributed by atoms with van der Waals surface area (Å²) in [6, 6.07) is 0. The van der Waals surface area contributed by atoms with Crippen molar-refractivity contribution in [2.75, 3.05) is 24.6 Å². The van der Waals surface area contributed by atoms with Gasteiger partial charge in [-0.25, -0.2) is 9.97 Å². The van der Waals surface area contributed by atoms with Crippen molar-refractivity contribution in [2.45, 2.75) is 20.0 Å². The summed E-state index contributed by atoms with van der Waals surface area (Å²) in [6.07, 6.45) is 3.47. The molecule has 1 unspecified atom stereocenters. The van der Waals surface area contributed by atoms with Gasteiger partial charge >= 0.3 is 0 Å². The van der Waals surface area contributed by atoms with Gasteiger partial charge in [0.25, 0.3) is 5.88 Å². The zero-order chi connectivity index (χ0) is 12.7. The van der Waals surface area contributed by atoms with Gasteiger partial charge in [0.1, 0.15) is 0 Å². The Morgan fingerprint density at radius 2 is 2.00 bits per heavy atom. The molecule has 2 fully saturated rings. The van der Waals surface area contributed by atoms with Gasteiger partial charge in [-0.3, -0.25) is 0 Å². The van der Waals surface area contributed by atoms with Crippen molar-refractivity contribution in [1.82, 2.24) is 9.97 Å². The van der Waals surface area contributed by atoms with E-state index in [4.69, 9.17) is 4.74 Å². The van der Waals surface area contributed by atoms with Crippen LogP contribution in [-0.2, 0) is 0 Å². The normalized spacial score (nSPS) is 29.6. The van der Waals surface area contributed by atoms with Gasteiger partial charge in [-0.2, -0.15) is 0 Å². The molecule has 3 atom stereocenters. The van der Waals surface area contributed by atoms with Gasteiger partial charge in [-0.1, -0.05) is 0 Å². The predicted molar refractivity (Wildman–Crippen MR) is 67.6 cm³/mol. The molecule has 98 valence electrons. The first kappa shape index (κ1) is 11.7. The van der Waals surface area contributed by atoms with E-state index in [9.17, 15) is 5.11 Å². The van der Waals surface area contributed by atoms with Crippen LogP contribution in [0.15, 0.2) is 12.4 Å². The molecule has 5 nitrogen and oxygen atoms in total. The van der Waals surface area contributed by atoms with E-state index in [0.29, 0.717) is 30.2 Å². The van der Waals surface area contributed by atoms with Gasteiger partial charge in [-0.15, -0.1) is 0 Å². The van der Waals surface area contributed by atoms with Crippen LogP contribution >= 0.6 is 0 Å². The minimum absolute atomic E-state index is 0.0998. The van der Waals surface area contributed by atoms with Crippen LogP contribution in [0.4, 0.5) is 5.82 Å². The molecule has 0 radical (unpaired) electrons. The van der Waals surface area contributed by atoms with E-state index >= 15 is 0 Å². The Morgan fingerprint density at radius 1 is 1.33 bits per heavy atom. The number of ether oxygens (including phenoxy) is 1. The maximum Gasteiger partial charge on any atom is 0.257 e. The monoisotopic (exact) mass is 249 g/mol. The number of piperidine rings is 1. The first-order chi connectivity index (χ1) is 8.70. The number of hydrogen-bond acceptors (Lipinski definition) is 5. The highest BCUT2D eigenvalue weighted by atomic mass is 16.5. The van der Waals surface area contributed by atoms with Gasteiger partial charge in [-0.05, 0) is 31.6 Å². The number of aliphatic hydroxyl groups is 1. The van der Waals surface area contributed by atoms with E-state index in [1.54, 1.807) is 12.4 Å². The fourth-order valence-electron chi connectivity index (χ4n) is 2.93. The first-order valence-corrected chi connectivity index (χ1v) is 6.54. The Hall–Kier alpha value is -1.36. The van der Waals surface area contributed by atoms with Crippen molar-refractivity contribution in [3.8, 4) is 5.88 Å². The molecule has 0 spiro atoms. The molecule has 0 bridgehead atoms. The Kier molecular flexibility index (Phi) is 2.86. The van der Waals surface area contributed by atoms with Crippen LogP contribution in [0.3, 0.4) is 0 Å². The molecule has 5 heteroatoms. The molecule has 2 aliphatic rings. The van der Waals surface area contributed by atoms with Crippen molar-refractivity contribution in [1.29, 1.82) is 0 Å². The number of nitrogens with zero attached hydrogens (tertiary/aromatic N) is 3. The molecule has 0 amide bonds. The van der Waals surface area contributed by atoms with E-state index < -0.39 is 0 Å². The van der Waals surface area contributed by atoms with Crippen LogP contribution in [0.1, 0.15) is 13.8 Å². The van der Waals surface area contributed by atoms with Crippen molar-refractivity contribution >= 4 is 5.82 Å². The molecule has 1 N–H and O–H groups in total. The highest BCUT2D eigenvalue weighted by Crippen LogP contribution is 2.52. The Morgan fingerprint density at radius 3 is 2.61 bits per heavy atom. The van der Waals surface area contributed by atoms with Crippen LogP contribution in [0.5, 0.6) is 5.88 Å². The quantitative estimate of drug-likeness (QED) is 0.860. The average molecular weight is 249 g/mol. The number of fused-ring (bicyclic) bond motifs is 1. The third kappa shape index (κ3) is 1.92. The lowest BCUT2D eigenvalue weighted by atomic mass is 10.3. The number of rotatable bonds is 4. The summed E-state index contributed by atoms with van der Waals surface area (Å²) in [5.74, 6) is 3.23. The molecule has 1 saturated carbocycles. The van der Waals surface area contributed by atoms with Gasteiger partial charge in [0, 0.05) is 32.1 Å². The number of hydrogen-bond donors (Lipinski definition) is 1. The van der Waals surface area contributed by atoms with Gasteiger partial charge in [0.2, 0.25) is 0 Å². The molecule has 1 aliphatic carbocycles. The fourth-order valence-corrected chi connectivity index (χ4v) is 2.93. The van der Waals surface area contributed by atoms with E-state index in [0.717, 1.165) is 18.9 Å². The lowest BCUT2D eigenvalue weighted by Gasteiger charge is -2.22. The standard InChI is InChI=1S/C13H19N3O2/c1-8(2)18-13-12(14-3-4-15-13)16-5-9-10(6-16)11(9)7-17/h3-4,8-11,17H,5-7H2,1-2H3/t9-,10+,11?. The zero-order valence-electron chi connectivity index (χ0n) is 10.8. The van der Waals surface area contributed by atoms with Gasteiger partial charge in [0.05, 0.1) is 6.10 Å². The third-order valence-electron chi connectivity index (χ3n) is 3.88. The Balaban J connectivity index is 1.74. The van der Waals surface area contributed by atoms with E-state index in [-0.39, 0.29) is 6.10 Å². The summed E-state index contributed by atoms with van der Waals surface area (Å²) >= 11 is 0. The van der Waals surface area contributed by atoms with Crippen LogP contribution in [-0.4, -0.2) is 40.9 Å². The maximum atomic E-state index is 9.17. The smallest absolute Gasteiger partial charge is 0.257 e. The predicted octanol–water partition coefficient (Wildman–Crippen LogP) is 0.938. The molecular formula is C13H19N3O2. The highest BCUT2D eigenvalue weighted by molar-refractivity contribution is 5.50. The maximum absolute atomic E-state index is 9.17. The summed E-state index contributed by atoms with van der Waals surface area (Å²) in [4.78, 5) is 10.9. The van der Waals surface area contributed by atoms with Crippen LogP contribution in [0.2, 0.25) is 0 Å². The molecule has 1 aromatic rings. The summed E-state index contributed by atoms with van der Waals surface area (Å²) in [5, 5.41) is 9.17. The molecular weight excluding hydrogens is 230 g/mol. The Bertz CT molecular complexity index is 426. The average Bonchev–Trinajstić information content (AvgIpc) is 2.81. The van der Waals surface area contributed by atoms with Crippen molar-refractivity contribution in [2.24, 2.45) is 17.8 Å². The van der Waals surface area contributed by atoms with Crippen molar-refractivity contribution in [3.05, 3.63) is 12.4 Å². The number of anilines is 1. The molecule has 18 heavy (non-hydrogen) atoms. The van der Waals surface area contributed by atoms with Crippen LogP contribution < -0.4 is 9.64 Å².